The molecule has 1 saturated heterocycles. The van der Waals surface area contributed by atoms with Gasteiger partial charge < -0.3 is 15.4 Å². The van der Waals surface area contributed by atoms with E-state index in [0.717, 1.165) is 38.5 Å². The summed E-state index contributed by atoms with van der Waals surface area (Å²) < 4.78 is 6.14. The first-order chi connectivity index (χ1) is 13.7. The van der Waals surface area contributed by atoms with Gasteiger partial charge in [0.1, 0.15) is 11.6 Å². The zero-order chi connectivity index (χ0) is 19.3. The molecule has 0 unspecified atom stereocenters. The molecule has 4 rings (SSSR count). The first-order valence-electron chi connectivity index (χ1n) is 10.2. The van der Waals surface area contributed by atoms with Crippen LogP contribution in [0.5, 0.6) is 5.75 Å². The molecule has 0 radical (unpaired) electrons. The number of benzene rings is 1. The van der Waals surface area contributed by atoms with Gasteiger partial charge in [-0.15, -0.1) is 0 Å². The summed E-state index contributed by atoms with van der Waals surface area (Å²) in [4.78, 5) is 20.6. The highest BCUT2D eigenvalue weighted by Crippen LogP contribution is 2.25. The number of hydrogen-bond donors (Lipinski definition) is 1. The van der Waals surface area contributed by atoms with Gasteiger partial charge in [0, 0.05) is 38.9 Å². The van der Waals surface area contributed by atoms with Gasteiger partial charge in [-0.05, 0) is 55.5 Å². The topological polar surface area (TPSA) is 71.7 Å². The number of nitrogens with two attached hydrogens (primary N) is 1. The molecule has 1 saturated carbocycles. The number of carbonyl (C=O) groups is 1. The van der Waals surface area contributed by atoms with Gasteiger partial charge in [0.2, 0.25) is 0 Å². The Labute approximate surface area is 166 Å². The van der Waals surface area contributed by atoms with Gasteiger partial charge in [-0.2, -0.15) is 0 Å². The Morgan fingerprint density at radius 3 is 2.64 bits per heavy atom. The molecule has 2 N–H and O–H groups in total. The van der Waals surface area contributed by atoms with Crippen molar-refractivity contribution in [2.24, 2.45) is 5.73 Å². The lowest BCUT2D eigenvalue weighted by Gasteiger charge is -2.36. The summed E-state index contributed by atoms with van der Waals surface area (Å²) in [7, 11) is 0. The highest BCUT2D eigenvalue weighted by molar-refractivity contribution is 5.97. The van der Waals surface area contributed by atoms with Crippen LogP contribution in [-0.2, 0) is 6.54 Å². The summed E-state index contributed by atoms with van der Waals surface area (Å²) >= 11 is 0. The van der Waals surface area contributed by atoms with E-state index in [1.165, 1.54) is 31.2 Å². The predicted octanol–water partition coefficient (Wildman–Crippen LogP) is 2.82. The fraction of sp³-hybridized carbons (Fsp3) is 0.455. The highest BCUT2D eigenvalue weighted by atomic mass is 16.5. The molecule has 0 atom stereocenters. The molecule has 6 nitrogen and oxygen atoms in total. The van der Waals surface area contributed by atoms with Gasteiger partial charge in [-0.3, -0.25) is 9.69 Å². The van der Waals surface area contributed by atoms with Crippen molar-refractivity contribution >= 4 is 11.7 Å². The lowest BCUT2D eigenvalue weighted by Crippen LogP contribution is -2.46. The number of ether oxygens (including phenoxy) is 1. The molecule has 6 heteroatoms. The molecule has 2 fully saturated rings. The number of carbonyl (C=O) groups excluding carboxylic acids is 1. The average molecular weight is 380 g/mol. The zero-order valence-electron chi connectivity index (χ0n) is 16.2. The molecule has 28 heavy (non-hydrogen) atoms. The van der Waals surface area contributed by atoms with Crippen LogP contribution in [0.4, 0.5) is 5.82 Å². The van der Waals surface area contributed by atoms with E-state index >= 15 is 0 Å². The third-order valence-electron chi connectivity index (χ3n) is 5.63. The molecule has 1 aliphatic heterocycles. The van der Waals surface area contributed by atoms with Gasteiger partial charge in [0.15, 0.2) is 0 Å². The van der Waals surface area contributed by atoms with Crippen LogP contribution < -0.4 is 15.4 Å². The molecule has 1 aromatic carbocycles. The summed E-state index contributed by atoms with van der Waals surface area (Å²) in [5.74, 6) is 1.26. The van der Waals surface area contributed by atoms with Crippen molar-refractivity contribution in [3.05, 3.63) is 53.7 Å². The molecule has 1 amide bonds. The second-order valence-electron chi connectivity index (χ2n) is 7.67. The standard InChI is InChI=1S/C22H28N4O2/c23-21(27)20-9-4-10-24-22(20)26-13-11-25(12-14-26)16-17-5-3-8-19(15-17)28-18-6-1-2-7-18/h3-5,8-10,15,18H,1-2,6-7,11-14,16H2,(H2,23,27). The van der Waals surface area contributed by atoms with Gasteiger partial charge >= 0.3 is 0 Å². The third-order valence-corrected chi connectivity index (χ3v) is 5.63. The van der Waals surface area contributed by atoms with Crippen molar-refractivity contribution in [2.45, 2.75) is 38.3 Å². The molecule has 0 bridgehead atoms. The Morgan fingerprint density at radius 1 is 1.11 bits per heavy atom. The fourth-order valence-corrected chi connectivity index (χ4v) is 4.13. The van der Waals surface area contributed by atoms with Crippen molar-refractivity contribution in [1.29, 1.82) is 0 Å². The summed E-state index contributed by atoms with van der Waals surface area (Å²) in [5.41, 5.74) is 7.27. The van der Waals surface area contributed by atoms with Crippen molar-refractivity contribution in [3.8, 4) is 5.75 Å². The van der Waals surface area contributed by atoms with Crippen LogP contribution in [0.3, 0.4) is 0 Å². The molecule has 1 aliphatic carbocycles. The number of nitrogens with zero attached hydrogens (tertiary/aromatic N) is 3. The minimum Gasteiger partial charge on any atom is -0.490 e. The molecule has 148 valence electrons. The minimum atomic E-state index is -0.426. The van der Waals surface area contributed by atoms with E-state index in [0.29, 0.717) is 17.5 Å². The summed E-state index contributed by atoms with van der Waals surface area (Å²) in [6, 6.07) is 12.0. The Bertz CT molecular complexity index is 812. The number of hydrogen-bond acceptors (Lipinski definition) is 5. The van der Waals surface area contributed by atoms with Crippen molar-refractivity contribution in [3.63, 3.8) is 0 Å². The molecular weight excluding hydrogens is 352 g/mol. The fourth-order valence-electron chi connectivity index (χ4n) is 4.13. The maximum absolute atomic E-state index is 11.7. The monoisotopic (exact) mass is 380 g/mol. The maximum Gasteiger partial charge on any atom is 0.252 e. The Hall–Kier alpha value is -2.60. The van der Waals surface area contributed by atoms with Gasteiger partial charge in [0.05, 0.1) is 11.7 Å². The average Bonchev–Trinajstić information content (AvgIpc) is 3.22. The molecule has 2 aromatic rings. The maximum atomic E-state index is 11.7. The van der Waals surface area contributed by atoms with Crippen LogP contribution in [0.25, 0.3) is 0 Å². The van der Waals surface area contributed by atoms with Crippen molar-refractivity contribution in [2.75, 3.05) is 31.1 Å². The molecule has 2 aliphatic rings. The number of anilines is 1. The van der Waals surface area contributed by atoms with Crippen LogP contribution in [0, 0.1) is 0 Å². The molecular formula is C22H28N4O2. The molecule has 0 spiro atoms. The first kappa shape index (κ1) is 18.7. The quantitative estimate of drug-likeness (QED) is 0.834. The predicted molar refractivity (Wildman–Crippen MR) is 110 cm³/mol. The largest absolute Gasteiger partial charge is 0.490 e. The number of pyridine rings is 1. The molecule has 1 aromatic heterocycles. The summed E-state index contributed by atoms with van der Waals surface area (Å²) in [6.07, 6.45) is 7.01. The zero-order valence-corrected chi connectivity index (χ0v) is 16.2. The van der Waals surface area contributed by atoms with Gasteiger partial charge in [-0.1, -0.05) is 12.1 Å². The summed E-state index contributed by atoms with van der Waals surface area (Å²) in [6.45, 7) is 4.40. The highest BCUT2D eigenvalue weighted by Gasteiger charge is 2.22. The van der Waals surface area contributed by atoms with Crippen LogP contribution in [0.1, 0.15) is 41.6 Å². The number of amides is 1. The number of primary amides is 1. The second kappa shape index (κ2) is 8.61. The smallest absolute Gasteiger partial charge is 0.252 e. The Kier molecular flexibility index (Phi) is 5.76. The second-order valence-corrected chi connectivity index (χ2v) is 7.67. The lowest BCUT2D eigenvalue weighted by molar-refractivity contribution is 0.1000. The van der Waals surface area contributed by atoms with E-state index in [1.54, 1.807) is 18.3 Å². The van der Waals surface area contributed by atoms with E-state index in [-0.39, 0.29) is 0 Å². The van der Waals surface area contributed by atoms with Crippen LogP contribution >= 0.6 is 0 Å². The Balaban J connectivity index is 1.34. The number of aromatic nitrogens is 1. The molecule has 2 heterocycles. The van der Waals surface area contributed by atoms with Crippen LogP contribution in [0.15, 0.2) is 42.6 Å². The van der Waals surface area contributed by atoms with Crippen LogP contribution in [0.2, 0.25) is 0 Å². The SMILES string of the molecule is NC(=O)c1cccnc1N1CCN(Cc2cccc(OC3CCCC3)c2)CC1. The first-order valence-corrected chi connectivity index (χ1v) is 10.2. The van der Waals surface area contributed by atoms with E-state index in [4.69, 9.17) is 10.5 Å². The Morgan fingerprint density at radius 2 is 1.89 bits per heavy atom. The number of rotatable bonds is 6. The van der Waals surface area contributed by atoms with E-state index in [9.17, 15) is 4.79 Å². The number of piperazine rings is 1. The van der Waals surface area contributed by atoms with Gasteiger partial charge in [0.25, 0.3) is 5.91 Å². The van der Waals surface area contributed by atoms with Gasteiger partial charge in [-0.25, -0.2) is 4.98 Å². The van der Waals surface area contributed by atoms with E-state index in [2.05, 4.69) is 39.0 Å². The third kappa shape index (κ3) is 4.44. The van der Waals surface area contributed by atoms with Crippen LogP contribution in [-0.4, -0.2) is 48.1 Å². The normalized spacial score (nSPS) is 18.4. The minimum absolute atomic E-state index is 0.386. The van der Waals surface area contributed by atoms with E-state index < -0.39 is 5.91 Å². The lowest BCUT2D eigenvalue weighted by atomic mass is 10.1. The van der Waals surface area contributed by atoms with Crippen molar-refractivity contribution in [1.82, 2.24) is 9.88 Å². The summed E-state index contributed by atoms with van der Waals surface area (Å²) in [5, 5.41) is 0. The van der Waals surface area contributed by atoms with Crippen molar-refractivity contribution < 1.29 is 9.53 Å². The van der Waals surface area contributed by atoms with E-state index in [1.807, 2.05) is 0 Å².